The topological polar surface area (TPSA) is 71.8 Å². The summed E-state index contributed by atoms with van der Waals surface area (Å²) >= 11 is 0. The van der Waals surface area contributed by atoms with E-state index in [1.807, 2.05) is 0 Å². The van der Waals surface area contributed by atoms with Crippen molar-refractivity contribution in [3.05, 3.63) is 77.0 Å². The van der Waals surface area contributed by atoms with Gasteiger partial charge < -0.3 is 10.6 Å². The normalized spacial score (nSPS) is 14.6. The van der Waals surface area contributed by atoms with Gasteiger partial charge in [0.2, 0.25) is 0 Å². The zero-order chi connectivity index (χ0) is 27.2. The lowest BCUT2D eigenvalue weighted by molar-refractivity contribution is -0.154. The summed E-state index contributed by atoms with van der Waals surface area (Å²) in [4.78, 5) is 14.2. The zero-order valence-corrected chi connectivity index (χ0v) is 17.9. The molecule has 6 nitrogen and oxygen atoms in total. The summed E-state index contributed by atoms with van der Waals surface area (Å²) in [6, 6.07) is 1.71. The third-order valence-corrected chi connectivity index (χ3v) is 5.23. The van der Waals surface area contributed by atoms with Crippen LogP contribution in [0.15, 0.2) is 48.9 Å². The van der Waals surface area contributed by atoms with Crippen LogP contribution in [0.25, 0.3) is 17.5 Å². The van der Waals surface area contributed by atoms with Gasteiger partial charge >= 0.3 is 18.5 Å². The van der Waals surface area contributed by atoms with Gasteiger partial charge in [-0.05, 0) is 24.3 Å². The van der Waals surface area contributed by atoms with Gasteiger partial charge in [0.1, 0.15) is 11.4 Å². The van der Waals surface area contributed by atoms with E-state index in [0.29, 0.717) is 12.4 Å². The molecule has 0 unspecified atom stereocenters. The molecule has 3 aromatic rings. The van der Waals surface area contributed by atoms with Crippen LogP contribution >= 0.6 is 0 Å². The van der Waals surface area contributed by atoms with Crippen molar-refractivity contribution < 1.29 is 44.3 Å². The Labute approximate surface area is 201 Å². The van der Waals surface area contributed by atoms with Crippen molar-refractivity contribution in [1.82, 2.24) is 20.1 Å². The third kappa shape index (κ3) is 5.03. The first-order valence-corrected chi connectivity index (χ1v) is 10.1. The van der Waals surface area contributed by atoms with Gasteiger partial charge in [0.05, 0.1) is 11.9 Å². The molecule has 37 heavy (non-hydrogen) atoms. The molecule has 4 rings (SSSR count). The summed E-state index contributed by atoms with van der Waals surface area (Å²) < 4.78 is 124. The molecule has 0 spiro atoms. The van der Waals surface area contributed by atoms with E-state index in [2.05, 4.69) is 15.4 Å². The number of anilines is 1. The van der Waals surface area contributed by atoms with E-state index in [4.69, 9.17) is 0 Å². The first-order valence-electron chi connectivity index (χ1n) is 10.1. The fourth-order valence-electron chi connectivity index (χ4n) is 3.72. The lowest BCUT2D eigenvalue weighted by atomic mass is 10.00. The molecule has 194 valence electrons. The molecule has 0 bridgehead atoms. The maximum atomic E-state index is 14.2. The van der Waals surface area contributed by atoms with Crippen LogP contribution in [0.3, 0.4) is 0 Å². The maximum Gasteiger partial charge on any atom is 0.433 e. The van der Waals surface area contributed by atoms with Crippen LogP contribution in [0.5, 0.6) is 0 Å². The van der Waals surface area contributed by atoms with E-state index in [1.165, 1.54) is 24.4 Å². The molecule has 0 radical (unpaired) electrons. The summed E-state index contributed by atoms with van der Waals surface area (Å²) in [5.41, 5.74) is -5.75. The molecule has 1 aromatic carbocycles. The van der Waals surface area contributed by atoms with E-state index in [1.54, 1.807) is 11.3 Å². The average Bonchev–Trinajstić information content (AvgIpc) is 3.25. The Bertz CT molecular complexity index is 1410. The highest BCUT2D eigenvalue weighted by atomic mass is 19.4. The number of carbonyl (C=O) groups excluding carboxylic acids is 1. The molecule has 1 aliphatic heterocycles. The molecule has 2 N–H and O–H groups in total. The van der Waals surface area contributed by atoms with Crippen LogP contribution in [-0.4, -0.2) is 26.9 Å². The van der Waals surface area contributed by atoms with Gasteiger partial charge in [-0.1, -0.05) is 12.1 Å². The van der Waals surface area contributed by atoms with Crippen LogP contribution < -0.4 is 10.6 Å². The second kappa shape index (κ2) is 9.00. The van der Waals surface area contributed by atoms with Crippen molar-refractivity contribution in [1.29, 1.82) is 0 Å². The lowest BCUT2D eigenvalue weighted by Crippen LogP contribution is -2.30. The maximum absolute atomic E-state index is 14.2. The number of aromatic nitrogens is 3. The Kier molecular flexibility index (Phi) is 6.28. The molecule has 3 heterocycles. The Morgan fingerprint density at radius 2 is 1.73 bits per heavy atom. The first kappa shape index (κ1) is 25.8. The number of nitrogens with one attached hydrogen (secondary N) is 2. The molecule has 2 aromatic heterocycles. The average molecular weight is 533 g/mol. The van der Waals surface area contributed by atoms with Crippen molar-refractivity contribution in [2.75, 3.05) is 5.32 Å². The Morgan fingerprint density at radius 3 is 2.35 bits per heavy atom. The molecule has 0 amide bonds. The summed E-state index contributed by atoms with van der Waals surface area (Å²) in [5.74, 6) is 1.58. The van der Waals surface area contributed by atoms with Crippen molar-refractivity contribution in [2.24, 2.45) is 0 Å². The first-order chi connectivity index (χ1) is 17.2. The highest BCUT2D eigenvalue weighted by Gasteiger charge is 2.49. The largest absolute Gasteiger partial charge is 0.433 e. The van der Waals surface area contributed by atoms with Crippen LogP contribution in [-0.2, 0) is 17.1 Å². The van der Waals surface area contributed by atoms with Crippen LogP contribution in [0.4, 0.5) is 45.2 Å². The molecular weight excluding hydrogens is 521 g/mol. The molecule has 15 heteroatoms. The van der Waals surface area contributed by atoms with Crippen LogP contribution in [0.1, 0.15) is 34.1 Å². The molecular formula is C22H12F9N5O. The van der Waals surface area contributed by atoms with E-state index in [-0.39, 0.29) is 33.3 Å². The highest BCUT2D eigenvalue weighted by molar-refractivity contribution is 5.93. The smallest absolute Gasteiger partial charge is 0.370 e. The van der Waals surface area contributed by atoms with Gasteiger partial charge in [-0.15, -0.1) is 0 Å². The van der Waals surface area contributed by atoms with Crippen molar-refractivity contribution >= 4 is 23.4 Å². The number of alkyl halides is 9. The number of halogens is 9. The summed E-state index contributed by atoms with van der Waals surface area (Å²) in [6.45, 7) is 0. The summed E-state index contributed by atoms with van der Waals surface area (Å²) in [5, 5.41) is 7.80. The van der Waals surface area contributed by atoms with Crippen molar-refractivity contribution in [3.8, 4) is 5.69 Å². The molecule has 0 saturated heterocycles. The second-order valence-electron chi connectivity index (χ2n) is 7.60. The molecule has 1 atom stereocenters. The van der Waals surface area contributed by atoms with Gasteiger partial charge in [0, 0.05) is 34.8 Å². The fourth-order valence-corrected chi connectivity index (χ4v) is 3.72. The van der Waals surface area contributed by atoms with Gasteiger partial charge in [0.15, 0.2) is 17.7 Å². The summed E-state index contributed by atoms with van der Waals surface area (Å²) in [7, 11) is 0. The van der Waals surface area contributed by atoms with E-state index in [0.717, 1.165) is 12.1 Å². The minimum absolute atomic E-state index is 0.0419. The van der Waals surface area contributed by atoms with E-state index in [9.17, 15) is 44.3 Å². The number of hydrogen-bond donors (Lipinski definition) is 2. The fraction of sp³-hybridized carbons (Fsp3) is 0.182. The van der Waals surface area contributed by atoms with Gasteiger partial charge in [-0.3, -0.25) is 4.98 Å². The zero-order valence-electron chi connectivity index (χ0n) is 17.9. The predicted molar refractivity (Wildman–Crippen MR) is 111 cm³/mol. The SMILES string of the molecule is O=C=C1NC=Cc2c1cccc2-n1ncc([C@@H](Nc2ccnc(C(F)(F)F)c2)C(F)(F)F)c1C(F)(F)F. The minimum Gasteiger partial charge on any atom is -0.370 e. The lowest BCUT2D eigenvalue weighted by Gasteiger charge is -2.25. The van der Waals surface area contributed by atoms with Crippen LogP contribution in [0, 0.1) is 0 Å². The molecule has 1 aliphatic rings. The summed E-state index contributed by atoms with van der Waals surface area (Å²) in [6.07, 6.45) is -12.3. The standard InChI is InChI=1S/C22H12F9N5O/c23-20(24,25)17-8-11(4-6-33-17)35-18(21(26,27)28)14-9-34-36(19(14)22(29,30)31)16-3-1-2-12-13(16)5-7-32-15(12)10-37/h1-9,18,32H,(H,33,35)/t18-/m1/s1. The highest BCUT2D eigenvalue weighted by Crippen LogP contribution is 2.44. The second-order valence-corrected chi connectivity index (χ2v) is 7.60. The molecule has 0 saturated carbocycles. The van der Waals surface area contributed by atoms with Gasteiger partial charge in [-0.2, -0.15) is 44.6 Å². The molecule has 0 aliphatic carbocycles. The number of benzene rings is 1. The Balaban J connectivity index is 1.89. The predicted octanol–water partition coefficient (Wildman–Crippen LogP) is 5.77. The number of fused-ring (bicyclic) bond motifs is 1. The van der Waals surface area contributed by atoms with Crippen molar-refractivity contribution in [3.63, 3.8) is 0 Å². The van der Waals surface area contributed by atoms with Gasteiger partial charge in [-0.25, -0.2) is 9.48 Å². The van der Waals surface area contributed by atoms with Crippen LogP contribution in [0.2, 0.25) is 0 Å². The number of hydrogen-bond acceptors (Lipinski definition) is 5. The van der Waals surface area contributed by atoms with E-state index < -0.39 is 47.2 Å². The quantitative estimate of drug-likeness (QED) is 0.330. The number of pyridine rings is 1. The Morgan fingerprint density at radius 1 is 1.00 bits per heavy atom. The number of nitrogens with zero attached hydrogens (tertiary/aromatic N) is 3. The van der Waals surface area contributed by atoms with Gasteiger partial charge in [0.25, 0.3) is 0 Å². The Hall–Kier alpha value is -4.26. The minimum atomic E-state index is -5.39. The van der Waals surface area contributed by atoms with E-state index >= 15 is 0 Å². The third-order valence-electron chi connectivity index (χ3n) is 5.23. The van der Waals surface area contributed by atoms with Crippen molar-refractivity contribution in [2.45, 2.75) is 24.6 Å². The molecule has 0 fully saturated rings. The monoisotopic (exact) mass is 533 g/mol. The number of rotatable bonds is 4.